The third-order valence-corrected chi connectivity index (χ3v) is 2.50. The van der Waals surface area contributed by atoms with Gasteiger partial charge in [-0.3, -0.25) is 0 Å². The molecule has 0 bridgehead atoms. The number of hydrogen-bond donors (Lipinski definition) is 2. The monoisotopic (exact) mass is 294 g/mol. The average molecular weight is 296 g/mol. The van der Waals surface area contributed by atoms with Gasteiger partial charge in [-0.25, -0.2) is 0 Å². The van der Waals surface area contributed by atoms with Crippen molar-refractivity contribution >= 4 is 0 Å². The molecule has 2 nitrogen and oxygen atoms in total. The molecule has 2 fully saturated rings. The summed E-state index contributed by atoms with van der Waals surface area (Å²) in [5.41, 5.74) is 0. The Hall–Kier alpha value is 0.803. The normalized spacial score (nSPS) is 16.8. The van der Waals surface area contributed by atoms with Gasteiger partial charge in [-0.1, -0.05) is 64.2 Å². The van der Waals surface area contributed by atoms with E-state index in [1.54, 1.807) is 0 Å². The van der Waals surface area contributed by atoms with E-state index < -0.39 is 0 Å². The third kappa shape index (κ3) is 20.8. The second-order valence-electron chi connectivity index (χ2n) is 3.54. The van der Waals surface area contributed by atoms with Gasteiger partial charge in [0, 0.05) is 14.2 Å². The number of rotatable bonds is 0. The van der Waals surface area contributed by atoms with Crippen molar-refractivity contribution in [2.45, 2.75) is 64.2 Å². The van der Waals surface area contributed by atoms with Crippen LogP contribution in [-0.4, -0.2) is 24.4 Å². The minimum Gasteiger partial charge on any atom is -0.400 e. The Kier molecular flexibility index (Phi) is 34.0. The molecule has 2 N–H and O–H groups in total. The largest absolute Gasteiger partial charge is 2.00 e. The van der Waals surface area contributed by atoms with E-state index in [2.05, 4.69) is 0 Å². The maximum atomic E-state index is 7.00. The van der Waals surface area contributed by atoms with Crippen molar-refractivity contribution in [3.63, 3.8) is 0 Å². The van der Waals surface area contributed by atoms with Crippen LogP contribution in [0, 0.1) is 0 Å². The summed E-state index contributed by atoms with van der Waals surface area (Å²) >= 11 is 0. The van der Waals surface area contributed by atoms with Crippen LogP contribution in [0.2, 0.25) is 0 Å². The molecule has 2 saturated carbocycles. The van der Waals surface area contributed by atoms with E-state index in [-0.39, 0.29) is 26.2 Å². The summed E-state index contributed by atoms with van der Waals surface area (Å²) in [6.07, 6.45) is 15.0. The second-order valence-corrected chi connectivity index (χ2v) is 3.54. The van der Waals surface area contributed by atoms with E-state index >= 15 is 0 Å². The molecule has 15 heavy (non-hydrogen) atoms. The van der Waals surface area contributed by atoms with Gasteiger partial charge in [0.25, 0.3) is 0 Å². The van der Waals surface area contributed by atoms with Crippen LogP contribution in [-0.2, 0) is 26.2 Å². The molecule has 3 heteroatoms. The minimum absolute atomic E-state index is 0. The van der Waals surface area contributed by atoms with Crippen LogP contribution < -0.4 is 0 Å². The summed E-state index contributed by atoms with van der Waals surface area (Å²) in [5, 5.41) is 14.0. The van der Waals surface area contributed by atoms with Crippen molar-refractivity contribution in [1.82, 2.24) is 0 Å². The zero-order chi connectivity index (χ0) is 11.1. The maximum Gasteiger partial charge on any atom is 2.00 e. The topological polar surface area (TPSA) is 40.5 Å². The van der Waals surface area contributed by atoms with Gasteiger partial charge in [0.2, 0.25) is 0 Å². The summed E-state index contributed by atoms with van der Waals surface area (Å²) in [5.74, 6) is 0. The molecule has 0 aromatic heterocycles. The maximum absolute atomic E-state index is 7.00. The fourth-order valence-electron chi connectivity index (χ4n) is 1.77. The zero-order valence-electron chi connectivity index (χ0n) is 10.5. The minimum atomic E-state index is 0. The molecule has 0 atom stereocenters. The summed E-state index contributed by atoms with van der Waals surface area (Å²) in [6.45, 7) is 0. The van der Waals surface area contributed by atoms with E-state index in [1.165, 1.54) is 64.2 Å². The molecule has 0 radical (unpaired) electrons. The van der Waals surface area contributed by atoms with Gasteiger partial charge in [0.05, 0.1) is 0 Å². The van der Waals surface area contributed by atoms with Crippen molar-refractivity contribution in [1.29, 1.82) is 0 Å². The van der Waals surface area contributed by atoms with Crippen molar-refractivity contribution in [2.75, 3.05) is 14.2 Å². The summed E-state index contributed by atoms with van der Waals surface area (Å²) < 4.78 is 0. The van der Waals surface area contributed by atoms with E-state index in [1.807, 2.05) is 0 Å². The van der Waals surface area contributed by atoms with Crippen molar-refractivity contribution in [3.05, 3.63) is 0 Å². The molecule has 2 aliphatic carbocycles. The van der Waals surface area contributed by atoms with Crippen LogP contribution in [0.4, 0.5) is 0 Å². The van der Waals surface area contributed by atoms with Gasteiger partial charge in [-0.2, -0.15) is 0 Å². The Bertz CT molecular complexity index is 46.8. The first-order valence-electron chi connectivity index (χ1n) is 5.89. The molecule has 90 valence electrons. The Balaban J connectivity index is -0.000000138. The Labute approximate surface area is 115 Å². The Morgan fingerprint density at radius 2 is 0.467 bits per heavy atom. The molecule has 0 spiro atoms. The van der Waals surface area contributed by atoms with Gasteiger partial charge in [-0.05, 0) is 0 Å². The first-order valence-corrected chi connectivity index (χ1v) is 5.89. The van der Waals surface area contributed by atoms with Gasteiger partial charge in [-0.15, -0.1) is 0 Å². The van der Waals surface area contributed by atoms with Gasteiger partial charge in [0.15, 0.2) is 0 Å². The molecule has 0 saturated heterocycles. The zero-order valence-corrected chi connectivity index (χ0v) is 12.9. The number of aliphatic hydroxyl groups is 2. The van der Waals surface area contributed by atoms with Crippen LogP contribution >= 0.6 is 0 Å². The number of hydrogen-bond acceptors (Lipinski definition) is 2. The predicted molar refractivity (Wildman–Crippen MR) is 62.5 cm³/mol. The molecule has 2 rings (SSSR count). The van der Waals surface area contributed by atoms with Crippen molar-refractivity contribution in [2.24, 2.45) is 0 Å². The summed E-state index contributed by atoms with van der Waals surface area (Å²) in [7, 11) is 2.00. The quantitative estimate of drug-likeness (QED) is 0.721. The van der Waals surface area contributed by atoms with Crippen LogP contribution in [0.15, 0.2) is 0 Å². The molecule has 0 aliphatic heterocycles. The number of aliphatic hydroxyl groups excluding tert-OH is 2. The summed E-state index contributed by atoms with van der Waals surface area (Å²) in [6, 6.07) is 0. The predicted octanol–water partition coefficient (Wildman–Crippen LogP) is 3.12. The first kappa shape index (κ1) is 21.1. The van der Waals surface area contributed by atoms with Crippen molar-refractivity contribution < 1.29 is 36.4 Å². The van der Waals surface area contributed by atoms with Crippen LogP contribution in [0.3, 0.4) is 0 Å². The molecule has 0 unspecified atom stereocenters. The smallest absolute Gasteiger partial charge is 0.400 e. The molecule has 0 aromatic rings. The van der Waals surface area contributed by atoms with Gasteiger partial charge in [0.1, 0.15) is 0 Å². The third-order valence-electron chi connectivity index (χ3n) is 2.50. The van der Waals surface area contributed by atoms with E-state index in [9.17, 15) is 0 Å². The molecule has 2 aliphatic rings. The average Bonchev–Trinajstić information content (AvgIpc) is 3.01. The van der Waals surface area contributed by atoms with E-state index in [4.69, 9.17) is 10.2 Å². The molecular weight excluding hydrogens is 267 g/mol. The van der Waals surface area contributed by atoms with Crippen LogP contribution in [0.25, 0.3) is 0 Å². The van der Waals surface area contributed by atoms with Gasteiger partial charge >= 0.3 is 26.2 Å². The standard InChI is InChI=1S/2C5H10.2CH4O.Zr/c2*1-2-4-5-3-1;2*1-2;/h2*1-5H2;2*2H,1H3;/q;;;;+2. The Morgan fingerprint density at radius 1 is 0.400 bits per heavy atom. The Morgan fingerprint density at radius 3 is 0.533 bits per heavy atom. The molecule has 0 amide bonds. The SMILES string of the molecule is C1CCCC1.C1CCCC1.CO.CO.[Zr+2]. The van der Waals surface area contributed by atoms with Crippen LogP contribution in [0.1, 0.15) is 64.2 Å². The molecule has 0 heterocycles. The van der Waals surface area contributed by atoms with Crippen LogP contribution in [0.5, 0.6) is 0 Å². The summed E-state index contributed by atoms with van der Waals surface area (Å²) in [4.78, 5) is 0. The van der Waals surface area contributed by atoms with Gasteiger partial charge < -0.3 is 10.2 Å². The molecule has 0 aromatic carbocycles. The van der Waals surface area contributed by atoms with Crippen molar-refractivity contribution in [3.8, 4) is 0 Å². The fraction of sp³-hybridized carbons (Fsp3) is 1.00. The van der Waals surface area contributed by atoms with E-state index in [0.29, 0.717) is 0 Å². The second kappa shape index (κ2) is 24.2. The first-order chi connectivity index (χ1) is 7.00. The fourth-order valence-corrected chi connectivity index (χ4v) is 1.77. The molecular formula is C12H28O2Zr+2. The van der Waals surface area contributed by atoms with E-state index in [0.717, 1.165) is 14.2 Å².